The molecule has 2 N–H and O–H groups in total. The summed E-state index contributed by atoms with van der Waals surface area (Å²) in [6.07, 6.45) is 0.414. The highest BCUT2D eigenvalue weighted by Crippen LogP contribution is 2.33. The topological polar surface area (TPSA) is 87.1 Å². The average molecular weight is 265 g/mol. The number of hydrogen-bond acceptors (Lipinski definition) is 4. The lowest BCUT2D eigenvalue weighted by molar-refractivity contribution is -0.137. The highest BCUT2D eigenvalue weighted by Gasteiger charge is 2.25. The van der Waals surface area contributed by atoms with Crippen molar-refractivity contribution in [2.24, 2.45) is 0 Å². The van der Waals surface area contributed by atoms with Crippen molar-refractivity contribution in [3.8, 4) is 5.75 Å². The molecule has 1 aliphatic rings. The van der Waals surface area contributed by atoms with Gasteiger partial charge in [-0.05, 0) is 24.1 Å². The van der Waals surface area contributed by atoms with Gasteiger partial charge in [-0.1, -0.05) is 6.07 Å². The number of anilines is 1. The average Bonchev–Trinajstić information content (AvgIpc) is 2.40. The molecule has 0 aromatic heterocycles. The molecule has 0 unspecified atom stereocenters. The van der Waals surface area contributed by atoms with Crippen LogP contribution in [0.4, 0.5) is 5.69 Å². The van der Waals surface area contributed by atoms with Crippen LogP contribution in [-0.2, 0) is 16.2 Å². The molecule has 0 radical (unpaired) electrons. The molecule has 0 bridgehead atoms. The SMILES string of the molecule is O=C(O)CCCN1C(=O)COc2cc(CO)ccc21. The van der Waals surface area contributed by atoms with E-state index in [1.807, 2.05) is 0 Å². The number of aliphatic hydroxyl groups excluding tert-OH is 1. The number of rotatable bonds is 5. The van der Waals surface area contributed by atoms with E-state index < -0.39 is 5.97 Å². The Balaban J connectivity index is 2.15. The lowest BCUT2D eigenvalue weighted by atomic mass is 10.1. The molecule has 2 rings (SSSR count). The van der Waals surface area contributed by atoms with Gasteiger partial charge in [0.25, 0.3) is 5.91 Å². The van der Waals surface area contributed by atoms with E-state index in [1.165, 1.54) is 4.90 Å². The molecule has 1 aliphatic heterocycles. The number of carbonyl (C=O) groups excluding carboxylic acids is 1. The van der Waals surface area contributed by atoms with Crippen LogP contribution >= 0.6 is 0 Å². The predicted octanol–water partition coefficient (Wildman–Crippen LogP) is 0.769. The molecule has 1 aromatic carbocycles. The van der Waals surface area contributed by atoms with Crippen molar-refractivity contribution in [2.45, 2.75) is 19.4 Å². The second-order valence-electron chi connectivity index (χ2n) is 4.29. The van der Waals surface area contributed by atoms with Gasteiger partial charge >= 0.3 is 5.97 Å². The van der Waals surface area contributed by atoms with Crippen LogP contribution in [0.2, 0.25) is 0 Å². The largest absolute Gasteiger partial charge is 0.482 e. The van der Waals surface area contributed by atoms with Crippen molar-refractivity contribution >= 4 is 17.6 Å². The van der Waals surface area contributed by atoms with Gasteiger partial charge in [-0.15, -0.1) is 0 Å². The van der Waals surface area contributed by atoms with Gasteiger partial charge in [0.1, 0.15) is 5.75 Å². The minimum absolute atomic E-state index is 0.0225. The van der Waals surface area contributed by atoms with Gasteiger partial charge in [-0.2, -0.15) is 0 Å². The van der Waals surface area contributed by atoms with Crippen molar-refractivity contribution in [2.75, 3.05) is 18.1 Å². The number of aliphatic hydroxyl groups is 1. The first-order chi connectivity index (χ1) is 9.11. The number of nitrogens with zero attached hydrogens (tertiary/aromatic N) is 1. The van der Waals surface area contributed by atoms with Crippen LogP contribution in [0.1, 0.15) is 18.4 Å². The highest BCUT2D eigenvalue weighted by molar-refractivity contribution is 5.97. The summed E-state index contributed by atoms with van der Waals surface area (Å²) in [5, 5.41) is 17.7. The van der Waals surface area contributed by atoms with Gasteiger partial charge in [0.05, 0.1) is 12.3 Å². The standard InChI is InChI=1S/C13H15NO5/c15-7-9-3-4-10-11(6-9)19-8-12(16)14(10)5-1-2-13(17)18/h3-4,6,15H,1-2,5,7-8H2,(H,17,18). The van der Waals surface area contributed by atoms with E-state index in [4.69, 9.17) is 14.9 Å². The Morgan fingerprint density at radius 1 is 1.42 bits per heavy atom. The molecule has 0 saturated heterocycles. The molecule has 1 aromatic rings. The molecular formula is C13H15NO5. The van der Waals surface area contributed by atoms with Crippen molar-refractivity contribution in [1.29, 1.82) is 0 Å². The first-order valence-electron chi connectivity index (χ1n) is 6.00. The Morgan fingerprint density at radius 2 is 2.21 bits per heavy atom. The molecule has 1 heterocycles. The summed E-state index contributed by atoms with van der Waals surface area (Å²) in [6, 6.07) is 5.11. The quantitative estimate of drug-likeness (QED) is 0.821. The summed E-state index contributed by atoms with van der Waals surface area (Å²) >= 11 is 0. The van der Waals surface area contributed by atoms with E-state index in [0.717, 1.165) is 0 Å². The lowest BCUT2D eigenvalue weighted by Gasteiger charge is -2.29. The molecule has 0 atom stereocenters. The zero-order valence-corrected chi connectivity index (χ0v) is 10.3. The summed E-state index contributed by atoms with van der Waals surface area (Å²) in [5.41, 5.74) is 1.33. The number of hydrogen-bond donors (Lipinski definition) is 2. The Labute approximate surface area is 110 Å². The van der Waals surface area contributed by atoms with Crippen LogP contribution in [0.25, 0.3) is 0 Å². The maximum absolute atomic E-state index is 11.8. The molecule has 6 nitrogen and oxygen atoms in total. The number of carboxylic acids is 1. The minimum Gasteiger partial charge on any atom is -0.482 e. The van der Waals surface area contributed by atoms with Crippen molar-refractivity contribution in [1.82, 2.24) is 0 Å². The summed E-state index contributed by atoms with van der Waals surface area (Å²) < 4.78 is 5.32. The Bertz CT molecular complexity index is 500. The first kappa shape index (κ1) is 13.4. The van der Waals surface area contributed by atoms with Gasteiger partial charge in [0, 0.05) is 13.0 Å². The van der Waals surface area contributed by atoms with Gasteiger partial charge in [-0.3, -0.25) is 9.59 Å². The summed E-state index contributed by atoms with van der Waals surface area (Å²) in [6.45, 7) is 0.193. The number of ether oxygens (including phenoxy) is 1. The Morgan fingerprint density at radius 3 is 2.89 bits per heavy atom. The summed E-state index contributed by atoms with van der Waals surface area (Å²) in [4.78, 5) is 23.8. The molecule has 0 aliphatic carbocycles. The molecular weight excluding hydrogens is 250 g/mol. The molecule has 0 fully saturated rings. The molecule has 19 heavy (non-hydrogen) atoms. The fourth-order valence-corrected chi connectivity index (χ4v) is 1.98. The Hall–Kier alpha value is -2.08. The van der Waals surface area contributed by atoms with E-state index >= 15 is 0 Å². The molecule has 102 valence electrons. The van der Waals surface area contributed by atoms with E-state index in [2.05, 4.69) is 0 Å². The normalized spacial score (nSPS) is 13.9. The van der Waals surface area contributed by atoms with E-state index in [1.54, 1.807) is 18.2 Å². The van der Waals surface area contributed by atoms with E-state index in [-0.39, 0.29) is 25.5 Å². The van der Waals surface area contributed by atoms with Crippen LogP contribution in [0, 0.1) is 0 Å². The predicted molar refractivity (Wildman–Crippen MR) is 67.1 cm³/mol. The Kier molecular flexibility index (Phi) is 4.01. The fourth-order valence-electron chi connectivity index (χ4n) is 1.98. The maximum atomic E-state index is 11.8. The highest BCUT2D eigenvalue weighted by atomic mass is 16.5. The number of fused-ring (bicyclic) bond motifs is 1. The summed E-state index contributed by atoms with van der Waals surface area (Å²) in [5.74, 6) is -0.521. The van der Waals surface area contributed by atoms with Crippen LogP contribution in [0.5, 0.6) is 5.75 Å². The number of aliphatic carboxylic acids is 1. The molecule has 0 saturated carbocycles. The minimum atomic E-state index is -0.878. The smallest absolute Gasteiger partial charge is 0.303 e. The van der Waals surface area contributed by atoms with Gasteiger partial charge in [-0.25, -0.2) is 0 Å². The van der Waals surface area contributed by atoms with Crippen molar-refractivity contribution < 1.29 is 24.5 Å². The first-order valence-corrected chi connectivity index (χ1v) is 6.00. The van der Waals surface area contributed by atoms with Gasteiger partial charge < -0.3 is 19.8 Å². The number of carboxylic acid groups (broad SMARTS) is 1. The monoisotopic (exact) mass is 265 g/mol. The third-order valence-electron chi connectivity index (χ3n) is 2.92. The molecule has 1 amide bonds. The van der Waals surface area contributed by atoms with Gasteiger partial charge in [0.15, 0.2) is 6.61 Å². The lowest BCUT2D eigenvalue weighted by Crippen LogP contribution is -2.39. The van der Waals surface area contributed by atoms with Crippen molar-refractivity contribution in [3.63, 3.8) is 0 Å². The summed E-state index contributed by atoms with van der Waals surface area (Å²) in [7, 11) is 0. The van der Waals surface area contributed by atoms with E-state index in [9.17, 15) is 9.59 Å². The fraction of sp³-hybridized carbons (Fsp3) is 0.385. The third kappa shape index (κ3) is 3.03. The zero-order valence-electron chi connectivity index (χ0n) is 10.3. The van der Waals surface area contributed by atoms with E-state index in [0.29, 0.717) is 30.0 Å². The van der Waals surface area contributed by atoms with Crippen molar-refractivity contribution in [3.05, 3.63) is 23.8 Å². The second kappa shape index (κ2) is 5.71. The van der Waals surface area contributed by atoms with Crippen LogP contribution in [-0.4, -0.2) is 35.2 Å². The van der Waals surface area contributed by atoms with Gasteiger partial charge in [0.2, 0.25) is 0 Å². The second-order valence-corrected chi connectivity index (χ2v) is 4.29. The van der Waals surface area contributed by atoms with Crippen LogP contribution in [0.3, 0.4) is 0 Å². The third-order valence-corrected chi connectivity index (χ3v) is 2.92. The number of amides is 1. The van der Waals surface area contributed by atoms with Crippen LogP contribution in [0.15, 0.2) is 18.2 Å². The maximum Gasteiger partial charge on any atom is 0.303 e. The number of carbonyl (C=O) groups is 2. The molecule has 6 heteroatoms. The molecule has 0 spiro atoms. The number of benzene rings is 1. The zero-order chi connectivity index (χ0) is 13.8. The van der Waals surface area contributed by atoms with Crippen LogP contribution < -0.4 is 9.64 Å².